The molecule has 0 unspecified atom stereocenters. The molecule has 6 aromatic carbocycles. The highest BCUT2D eigenvalue weighted by atomic mass is 15.0. The molecule has 8 aromatic rings. The lowest BCUT2D eigenvalue weighted by Crippen LogP contribution is -1.94. The van der Waals surface area contributed by atoms with Crippen molar-refractivity contribution in [3.05, 3.63) is 229 Å². The van der Waals surface area contributed by atoms with Crippen LogP contribution in [0.15, 0.2) is 207 Å². The van der Waals surface area contributed by atoms with Gasteiger partial charge in [0.1, 0.15) is 0 Å². The number of hydrogen-bond acceptors (Lipinski definition) is 1. The third-order valence-corrected chi connectivity index (χ3v) is 9.86. The number of hydrogen-bond donors (Lipinski definition) is 0. The van der Waals surface area contributed by atoms with Gasteiger partial charge in [0.05, 0.1) is 11.0 Å². The Kier molecular flexibility index (Phi) is 9.59. The molecule has 0 fully saturated rings. The van der Waals surface area contributed by atoms with Gasteiger partial charge in [-0.25, -0.2) is 0 Å². The fourth-order valence-electron chi connectivity index (χ4n) is 7.08. The largest absolute Gasteiger partial charge is 0.316 e. The van der Waals surface area contributed by atoms with Crippen LogP contribution in [0.5, 0.6) is 0 Å². The van der Waals surface area contributed by atoms with E-state index >= 15 is 0 Å². The summed E-state index contributed by atoms with van der Waals surface area (Å²) in [6.45, 7) is 6.31. The van der Waals surface area contributed by atoms with Crippen LogP contribution in [0.2, 0.25) is 0 Å². The van der Waals surface area contributed by atoms with Crippen molar-refractivity contribution in [1.82, 2.24) is 9.55 Å². The first kappa shape index (κ1) is 33.4. The van der Waals surface area contributed by atoms with Gasteiger partial charge >= 0.3 is 0 Å². The van der Waals surface area contributed by atoms with E-state index in [1.807, 2.05) is 37.4 Å². The van der Waals surface area contributed by atoms with Gasteiger partial charge in [-0.3, -0.25) is 4.98 Å². The first-order valence-electron chi connectivity index (χ1n) is 18.1. The van der Waals surface area contributed by atoms with Gasteiger partial charge in [-0.1, -0.05) is 164 Å². The van der Waals surface area contributed by atoms with Crippen molar-refractivity contribution in [2.24, 2.45) is 0 Å². The normalized spacial score (nSPS) is 12.0. The number of pyridine rings is 1. The smallest absolute Gasteiger partial charge is 0.0708 e. The molecule has 53 heavy (non-hydrogen) atoms. The van der Waals surface area contributed by atoms with Crippen molar-refractivity contribution in [3.63, 3.8) is 0 Å². The highest BCUT2D eigenvalue weighted by Crippen LogP contribution is 2.37. The maximum Gasteiger partial charge on any atom is 0.0708 e. The highest BCUT2D eigenvalue weighted by molar-refractivity contribution is 6.00. The third-order valence-electron chi connectivity index (χ3n) is 9.86. The van der Waals surface area contributed by atoms with Gasteiger partial charge in [-0.15, -0.1) is 0 Å². The summed E-state index contributed by atoms with van der Waals surface area (Å²) in [5.74, 6) is 0. The molecule has 0 amide bonds. The van der Waals surface area contributed by atoms with Gasteiger partial charge in [0, 0.05) is 34.4 Å². The maximum absolute atomic E-state index is 4.57. The van der Waals surface area contributed by atoms with Gasteiger partial charge in [-0.05, 0) is 93.8 Å². The molecule has 0 saturated heterocycles. The zero-order valence-electron chi connectivity index (χ0n) is 29.9. The number of aromatic nitrogens is 2. The molecule has 0 spiro atoms. The summed E-state index contributed by atoms with van der Waals surface area (Å²) in [5, 5.41) is 2.37. The summed E-state index contributed by atoms with van der Waals surface area (Å²) in [6, 6.07) is 56.4. The fraction of sp³-hybridized carbons (Fsp3) is 0.0392. The van der Waals surface area contributed by atoms with E-state index in [1.54, 1.807) is 0 Å². The lowest BCUT2D eigenvalue weighted by Gasteiger charge is -2.13. The molecule has 254 valence electrons. The molecule has 2 nitrogen and oxygen atoms in total. The standard InChI is InChI=1S/C51H40N2/c1-3-4-7-14-37(2)39-22-24-40(25-23-39)45(31-21-38-15-8-5-9-16-38)43-30-32-48-49(36-53(51(48)35-43)44-17-10-6-11-18-44)42-28-26-41(27-29-42)46-33-34-52-50-20-13-12-19-47(46)50/h3-20,22-36H,2,21H2,1H3/b4-3-,14-7-,45-31-. The second kappa shape index (κ2) is 15.2. The van der Waals surface area contributed by atoms with Crippen LogP contribution in [-0.4, -0.2) is 9.55 Å². The Hall–Kier alpha value is -6.77. The monoisotopic (exact) mass is 680 g/mol. The van der Waals surface area contributed by atoms with Crippen LogP contribution in [0.4, 0.5) is 0 Å². The van der Waals surface area contributed by atoms with E-state index in [9.17, 15) is 0 Å². The van der Waals surface area contributed by atoms with Crippen LogP contribution in [0.1, 0.15) is 29.2 Å². The molecule has 0 N–H and O–H groups in total. The highest BCUT2D eigenvalue weighted by Gasteiger charge is 2.16. The molecule has 0 saturated carbocycles. The zero-order chi connectivity index (χ0) is 36.0. The van der Waals surface area contributed by atoms with Crippen LogP contribution < -0.4 is 0 Å². The number of benzene rings is 6. The molecular formula is C51H40N2. The van der Waals surface area contributed by atoms with E-state index in [4.69, 9.17) is 0 Å². The topological polar surface area (TPSA) is 17.8 Å². The number of nitrogens with zero attached hydrogens (tertiary/aromatic N) is 2. The van der Waals surface area contributed by atoms with Crippen LogP contribution in [0.25, 0.3) is 60.9 Å². The van der Waals surface area contributed by atoms with E-state index in [2.05, 4.69) is 186 Å². The van der Waals surface area contributed by atoms with Crippen molar-refractivity contribution in [3.8, 4) is 27.9 Å². The molecule has 8 rings (SSSR count). The van der Waals surface area contributed by atoms with E-state index in [-0.39, 0.29) is 0 Å². The summed E-state index contributed by atoms with van der Waals surface area (Å²) in [7, 11) is 0. The van der Waals surface area contributed by atoms with E-state index in [0.29, 0.717) is 0 Å². The third kappa shape index (κ3) is 7.08. The lowest BCUT2D eigenvalue weighted by molar-refractivity contribution is 1.13. The predicted molar refractivity (Wildman–Crippen MR) is 226 cm³/mol. The molecule has 2 heterocycles. The minimum Gasteiger partial charge on any atom is -0.316 e. The van der Waals surface area contributed by atoms with Crippen LogP contribution >= 0.6 is 0 Å². The molecule has 2 heteroatoms. The zero-order valence-corrected chi connectivity index (χ0v) is 29.9. The van der Waals surface area contributed by atoms with Crippen molar-refractivity contribution in [1.29, 1.82) is 0 Å². The fourth-order valence-corrected chi connectivity index (χ4v) is 7.08. The van der Waals surface area contributed by atoms with Crippen molar-refractivity contribution in [2.45, 2.75) is 13.3 Å². The average molecular weight is 681 g/mol. The summed E-state index contributed by atoms with van der Waals surface area (Å²) < 4.78 is 2.33. The molecular weight excluding hydrogens is 641 g/mol. The maximum atomic E-state index is 4.57. The minimum absolute atomic E-state index is 0.832. The van der Waals surface area contributed by atoms with E-state index in [0.717, 1.165) is 39.7 Å². The van der Waals surface area contributed by atoms with Crippen LogP contribution in [0, 0.1) is 0 Å². The van der Waals surface area contributed by atoms with Crippen molar-refractivity contribution < 1.29 is 0 Å². The van der Waals surface area contributed by atoms with Gasteiger partial charge in [0.2, 0.25) is 0 Å². The Labute approximate surface area is 312 Å². The summed E-state index contributed by atoms with van der Waals surface area (Å²) >= 11 is 0. The number of fused-ring (bicyclic) bond motifs is 2. The Morgan fingerprint density at radius 2 is 1.28 bits per heavy atom. The predicted octanol–water partition coefficient (Wildman–Crippen LogP) is 13.3. The Balaban J connectivity index is 1.22. The summed E-state index contributed by atoms with van der Waals surface area (Å²) in [4.78, 5) is 4.57. The van der Waals surface area contributed by atoms with Gasteiger partial charge in [0.25, 0.3) is 0 Å². The number of para-hydroxylation sites is 2. The first-order chi connectivity index (χ1) is 26.2. The second-order valence-corrected chi connectivity index (χ2v) is 13.2. The average Bonchev–Trinajstić information content (AvgIpc) is 3.61. The Morgan fingerprint density at radius 3 is 2.04 bits per heavy atom. The van der Waals surface area contributed by atoms with Gasteiger partial charge in [0.15, 0.2) is 0 Å². The molecule has 0 bridgehead atoms. The Morgan fingerprint density at radius 1 is 0.623 bits per heavy atom. The SMILES string of the molecule is C=C(/C=C\C=C/C)c1ccc(/C(=C/Cc2ccccc2)c2ccc3c(-c4ccc(-c5ccnc6ccccc56)cc4)cn(-c4ccccc4)c3c2)cc1. The quantitative estimate of drug-likeness (QED) is 0.131. The second-order valence-electron chi connectivity index (χ2n) is 13.2. The molecule has 0 atom stereocenters. The Bertz CT molecular complexity index is 2610. The van der Waals surface area contributed by atoms with Gasteiger partial charge in [-0.2, -0.15) is 0 Å². The lowest BCUT2D eigenvalue weighted by atomic mass is 9.93. The first-order valence-corrected chi connectivity index (χ1v) is 18.1. The van der Waals surface area contributed by atoms with E-state index in [1.165, 1.54) is 49.9 Å². The van der Waals surface area contributed by atoms with Crippen LogP contribution in [0.3, 0.4) is 0 Å². The van der Waals surface area contributed by atoms with Gasteiger partial charge < -0.3 is 4.57 Å². The molecule has 2 aromatic heterocycles. The van der Waals surface area contributed by atoms with Crippen LogP contribution in [-0.2, 0) is 6.42 Å². The van der Waals surface area contributed by atoms with Crippen molar-refractivity contribution in [2.75, 3.05) is 0 Å². The molecule has 0 aliphatic heterocycles. The molecule has 0 radical (unpaired) electrons. The summed E-state index contributed by atoms with van der Waals surface area (Å²) in [6.07, 6.45) is 15.5. The van der Waals surface area contributed by atoms with Crippen molar-refractivity contribution >= 4 is 33.0 Å². The number of rotatable bonds is 10. The minimum atomic E-state index is 0.832. The summed E-state index contributed by atoms with van der Waals surface area (Å²) in [5.41, 5.74) is 15.0. The molecule has 0 aliphatic rings. The number of allylic oxidation sites excluding steroid dienone is 6. The van der Waals surface area contributed by atoms with E-state index < -0.39 is 0 Å². The molecule has 0 aliphatic carbocycles.